The van der Waals surface area contributed by atoms with Crippen LogP contribution in [0.5, 0.6) is 5.75 Å². The van der Waals surface area contributed by atoms with Gasteiger partial charge >= 0.3 is 6.36 Å². The number of carbonyl (C=O) groups excluding carboxylic acids is 1. The Bertz CT molecular complexity index is 1010. The van der Waals surface area contributed by atoms with Gasteiger partial charge < -0.3 is 14.6 Å². The van der Waals surface area contributed by atoms with Gasteiger partial charge in [-0.1, -0.05) is 50.1 Å². The second kappa shape index (κ2) is 10.6. The van der Waals surface area contributed by atoms with E-state index in [9.17, 15) is 18.0 Å². The average molecular weight is 497 g/mol. The summed E-state index contributed by atoms with van der Waals surface area (Å²) in [5.74, 6) is -0.0779. The lowest BCUT2D eigenvalue weighted by Crippen LogP contribution is -2.36. The fourth-order valence-corrected chi connectivity index (χ4v) is 5.56. The molecule has 4 rings (SSSR count). The van der Waals surface area contributed by atoms with Crippen molar-refractivity contribution in [2.75, 3.05) is 0 Å². The molecule has 0 atom stereocenters. The van der Waals surface area contributed by atoms with E-state index in [0.29, 0.717) is 28.7 Å². The summed E-state index contributed by atoms with van der Waals surface area (Å²) in [5.41, 5.74) is 2.01. The summed E-state index contributed by atoms with van der Waals surface area (Å²) in [6, 6.07) is 5.94. The fraction of sp³-hybridized carbons (Fsp3) is 0.577. The summed E-state index contributed by atoms with van der Waals surface area (Å²) in [5, 5.41) is 3.45. The molecule has 0 radical (unpaired) electrons. The molecule has 1 aromatic carbocycles. The van der Waals surface area contributed by atoms with Crippen molar-refractivity contribution in [3.63, 3.8) is 0 Å². The Labute approximate surface area is 203 Å². The van der Waals surface area contributed by atoms with E-state index < -0.39 is 6.36 Å². The summed E-state index contributed by atoms with van der Waals surface area (Å²) in [4.78, 5) is 13.2. The van der Waals surface area contributed by atoms with Crippen LogP contribution < -0.4 is 10.1 Å². The van der Waals surface area contributed by atoms with Gasteiger partial charge in [0.15, 0.2) is 0 Å². The van der Waals surface area contributed by atoms with Gasteiger partial charge in [-0.15, -0.1) is 13.2 Å². The van der Waals surface area contributed by atoms with Gasteiger partial charge in [0.2, 0.25) is 0 Å². The van der Waals surface area contributed by atoms with E-state index in [0.717, 1.165) is 57.1 Å². The predicted octanol–water partition coefficient (Wildman–Crippen LogP) is 7.66. The zero-order chi connectivity index (χ0) is 24.3. The van der Waals surface area contributed by atoms with Crippen molar-refractivity contribution < 1.29 is 22.7 Å². The SMILES string of the molecule is Cc1c(C(=O)NC2CCCCC2)cc(-c2cc(Cl)ccc2OC(F)(F)F)n1CC1CCCCC1. The fourth-order valence-electron chi connectivity index (χ4n) is 5.39. The Kier molecular flexibility index (Phi) is 7.80. The molecule has 1 amide bonds. The van der Waals surface area contributed by atoms with Crippen molar-refractivity contribution >= 4 is 17.5 Å². The van der Waals surface area contributed by atoms with Crippen molar-refractivity contribution in [3.8, 4) is 17.0 Å². The Morgan fingerprint density at radius 1 is 1.06 bits per heavy atom. The molecule has 0 saturated heterocycles. The molecule has 34 heavy (non-hydrogen) atoms. The predicted molar refractivity (Wildman–Crippen MR) is 127 cm³/mol. The number of aromatic nitrogens is 1. The molecule has 186 valence electrons. The number of nitrogens with zero attached hydrogens (tertiary/aromatic N) is 1. The Hall–Kier alpha value is -2.15. The third-order valence-corrected chi connectivity index (χ3v) is 7.40. The van der Waals surface area contributed by atoms with E-state index >= 15 is 0 Å². The number of alkyl halides is 3. The van der Waals surface area contributed by atoms with E-state index in [1.807, 2.05) is 11.5 Å². The lowest BCUT2D eigenvalue weighted by atomic mass is 9.89. The second-order valence-corrected chi connectivity index (χ2v) is 10.1. The maximum absolute atomic E-state index is 13.2. The first-order valence-electron chi connectivity index (χ1n) is 12.3. The van der Waals surface area contributed by atoms with E-state index in [1.54, 1.807) is 6.07 Å². The molecule has 2 aliphatic rings. The van der Waals surface area contributed by atoms with Gasteiger partial charge in [0.05, 0.1) is 11.3 Å². The zero-order valence-electron chi connectivity index (χ0n) is 19.5. The van der Waals surface area contributed by atoms with Crippen molar-refractivity contribution in [2.24, 2.45) is 5.92 Å². The summed E-state index contributed by atoms with van der Waals surface area (Å²) in [7, 11) is 0. The monoisotopic (exact) mass is 496 g/mol. The van der Waals surface area contributed by atoms with Crippen LogP contribution in [0.15, 0.2) is 24.3 Å². The Morgan fingerprint density at radius 3 is 2.35 bits per heavy atom. The summed E-state index contributed by atoms with van der Waals surface area (Å²) in [6.07, 6.45) is 6.10. The Morgan fingerprint density at radius 2 is 1.71 bits per heavy atom. The van der Waals surface area contributed by atoms with E-state index in [4.69, 9.17) is 11.6 Å². The molecule has 2 aromatic rings. The molecule has 0 aliphatic heterocycles. The largest absolute Gasteiger partial charge is 0.573 e. The first-order chi connectivity index (χ1) is 16.2. The molecule has 1 N–H and O–H groups in total. The van der Waals surface area contributed by atoms with E-state index in [2.05, 4.69) is 10.1 Å². The number of nitrogens with one attached hydrogen (secondary N) is 1. The van der Waals surface area contributed by atoms with Gasteiger partial charge in [0.25, 0.3) is 5.91 Å². The number of carbonyl (C=O) groups is 1. The average Bonchev–Trinajstić information content (AvgIpc) is 3.11. The van der Waals surface area contributed by atoms with Crippen LogP contribution in [-0.2, 0) is 6.54 Å². The van der Waals surface area contributed by atoms with Crippen LogP contribution in [0.25, 0.3) is 11.3 Å². The molecule has 0 unspecified atom stereocenters. The van der Waals surface area contributed by atoms with Crippen molar-refractivity contribution in [1.82, 2.24) is 9.88 Å². The number of ether oxygens (including phenoxy) is 1. The van der Waals surface area contributed by atoms with Gasteiger partial charge in [-0.2, -0.15) is 0 Å². The lowest BCUT2D eigenvalue weighted by Gasteiger charge is -2.25. The highest BCUT2D eigenvalue weighted by Crippen LogP contribution is 2.39. The molecular weight excluding hydrogens is 465 g/mol. The molecule has 0 bridgehead atoms. The highest BCUT2D eigenvalue weighted by atomic mass is 35.5. The second-order valence-electron chi connectivity index (χ2n) is 9.64. The lowest BCUT2D eigenvalue weighted by molar-refractivity contribution is -0.274. The van der Waals surface area contributed by atoms with Crippen molar-refractivity contribution in [1.29, 1.82) is 0 Å². The minimum atomic E-state index is -4.83. The minimum absolute atomic E-state index is 0.140. The maximum Gasteiger partial charge on any atom is 0.573 e. The number of hydrogen-bond acceptors (Lipinski definition) is 2. The third kappa shape index (κ3) is 6.09. The number of rotatable bonds is 6. The van der Waals surface area contributed by atoms with Crippen LogP contribution in [0, 0.1) is 12.8 Å². The standard InChI is InChI=1S/C26H32ClF3N2O2/c1-17-21(25(33)31-20-10-6-3-7-11-20)15-23(32(17)16-18-8-4-2-5-9-18)22-14-19(27)12-13-24(22)34-26(28,29)30/h12-15,18,20H,2-11,16H2,1H3,(H,31,33). The first kappa shape index (κ1) is 25.0. The maximum atomic E-state index is 13.2. The van der Waals surface area contributed by atoms with Crippen LogP contribution in [-0.4, -0.2) is 22.9 Å². The molecule has 2 saturated carbocycles. The summed E-state index contributed by atoms with van der Waals surface area (Å²) >= 11 is 6.19. The summed E-state index contributed by atoms with van der Waals surface area (Å²) < 4.78 is 45.8. The first-order valence-corrected chi connectivity index (χ1v) is 12.7. The quantitative estimate of drug-likeness (QED) is 0.446. The number of halogens is 4. The van der Waals surface area contributed by atoms with Crippen LogP contribution in [0.1, 0.15) is 80.3 Å². The zero-order valence-corrected chi connectivity index (χ0v) is 20.3. The molecule has 2 aliphatic carbocycles. The molecule has 4 nitrogen and oxygen atoms in total. The smallest absolute Gasteiger partial charge is 0.405 e. The van der Waals surface area contributed by atoms with Gasteiger partial charge in [-0.25, -0.2) is 0 Å². The van der Waals surface area contributed by atoms with Crippen LogP contribution in [0.4, 0.5) is 13.2 Å². The number of benzene rings is 1. The summed E-state index contributed by atoms with van der Waals surface area (Å²) in [6.45, 7) is 2.52. The van der Waals surface area contributed by atoms with Crippen LogP contribution >= 0.6 is 11.6 Å². The van der Waals surface area contributed by atoms with E-state index in [1.165, 1.54) is 31.0 Å². The minimum Gasteiger partial charge on any atom is -0.405 e. The van der Waals surface area contributed by atoms with Crippen molar-refractivity contribution in [3.05, 3.63) is 40.5 Å². The van der Waals surface area contributed by atoms with Gasteiger partial charge in [-0.3, -0.25) is 4.79 Å². The van der Waals surface area contributed by atoms with E-state index in [-0.39, 0.29) is 23.3 Å². The highest BCUT2D eigenvalue weighted by Gasteiger charge is 2.33. The Balaban J connectivity index is 1.74. The highest BCUT2D eigenvalue weighted by molar-refractivity contribution is 6.31. The van der Waals surface area contributed by atoms with Gasteiger partial charge in [0.1, 0.15) is 5.75 Å². The molecule has 0 spiro atoms. The molecule has 2 fully saturated rings. The normalized spacial score (nSPS) is 18.1. The van der Waals surface area contributed by atoms with Crippen LogP contribution in [0.2, 0.25) is 5.02 Å². The molecular formula is C26H32ClF3N2O2. The van der Waals surface area contributed by atoms with Gasteiger partial charge in [-0.05, 0) is 62.8 Å². The molecule has 1 heterocycles. The number of hydrogen-bond donors (Lipinski definition) is 1. The van der Waals surface area contributed by atoms with Gasteiger partial charge in [0, 0.05) is 28.9 Å². The van der Waals surface area contributed by atoms with Crippen LogP contribution in [0.3, 0.4) is 0 Å². The molecule has 8 heteroatoms. The molecule has 1 aromatic heterocycles. The topological polar surface area (TPSA) is 43.3 Å². The third-order valence-electron chi connectivity index (χ3n) is 7.16. The van der Waals surface area contributed by atoms with Crippen molar-refractivity contribution in [2.45, 2.75) is 90.1 Å². The number of amides is 1.